The number of likely N-dealkylation sites (tertiary alicyclic amines) is 1. The highest BCUT2D eigenvalue weighted by molar-refractivity contribution is 5.78. The van der Waals surface area contributed by atoms with Gasteiger partial charge in [0, 0.05) is 19.6 Å². The zero-order valence-electron chi connectivity index (χ0n) is 11.6. The molecule has 0 bridgehead atoms. The van der Waals surface area contributed by atoms with E-state index < -0.39 is 0 Å². The van der Waals surface area contributed by atoms with Crippen molar-refractivity contribution >= 4 is 5.91 Å². The molecule has 4 heteroatoms. The van der Waals surface area contributed by atoms with Gasteiger partial charge in [-0.2, -0.15) is 0 Å². The van der Waals surface area contributed by atoms with Gasteiger partial charge in [0.15, 0.2) is 0 Å². The summed E-state index contributed by atoms with van der Waals surface area (Å²) in [6.07, 6.45) is 7.59. The summed E-state index contributed by atoms with van der Waals surface area (Å²) in [6.45, 7) is 3.18. The third-order valence-corrected chi connectivity index (χ3v) is 4.59. The summed E-state index contributed by atoms with van der Waals surface area (Å²) in [5.74, 6) is 1.12. The second kappa shape index (κ2) is 6.53. The van der Waals surface area contributed by atoms with Gasteiger partial charge in [-0.1, -0.05) is 12.8 Å². The Labute approximate surface area is 110 Å². The number of amides is 1. The van der Waals surface area contributed by atoms with Crippen molar-refractivity contribution in [3.05, 3.63) is 0 Å². The highest BCUT2D eigenvalue weighted by Crippen LogP contribution is 2.35. The fourth-order valence-corrected chi connectivity index (χ4v) is 3.45. The summed E-state index contributed by atoms with van der Waals surface area (Å²) in [5, 5.41) is 0. The van der Waals surface area contributed by atoms with E-state index in [-0.39, 0.29) is 5.91 Å². The van der Waals surface area contributed by atoms with Crippen LogP contribution >= 0.6 is 0 Å². The molecule has 18 heavy (non-hydrogen) atoms. The lowest BCUT2D eigenvalue weighted by atomic mass is 9.85. The van der Waals surface area contributed by atoms with Crippen molar-refractivity contribution in [2.75, 3.05) is 33.2 Å². The minimum Gasteiger partial charge on any atom is -0.345 e. The summed E-state index contributed by atoms with van der Waals surface area (Å²) in [5.41, 5.74) is 5.48. The maximum Gasteiger partial charge on any atom is 0.236 e. The summed E-state index contributed by atoms with van der Waals surface area (Å²) in [7, 11) is 1.90. The minimum absolute atomic E-state index is 0.259. The maximum atomic E-state index is 12.1. The molecule has 1 aliphatic carbocycles. The van der Waals surface area contributed by atoms with E-state index >= 15 is 0 Å². The second-order valence-corrected chi connectivity index (χ2v) is 5.83. The largest absolute Gasteiger partial charge is 0.345 e. The molecular formula is C14H27N3O. The van der Waals surface area contributed by atoms with Crippen LogP contribution in [-0.2, 0) is 4.79 Å². The normalized spacial score (nSPS) is 28.1. The van der Waals surface area contributed by atoms with Gasteiger partial charge in [-0.25, -0.2) is 0 Å². The Kier molecular flexibility index (Phi) is 5.01. The fraction of sp³-hybridized carbons (Fsp3) is 0.929. The number of fused-ring (bicyclic) bond motifs is 1. The first-order valence-electron chi connectivity index (χ1n) is 7.40. The zero-order chi connectivity index (χ0) is 13.0. The van der Waals surface area contributed by atoms with Crippen molar-refractivity contribution in [1.82, 2.24) is 9.80 Å². The third kappa shape index (κ3) is 3.23. The summed E-state index contributed by atoms with van der Waals surface area (Å²) >= 11 is 0. The van der Waals surface area contributed by atoms with Crippen molar-refractivity contribution in [3.8, 4) is 0 Å². The van der Waals surface area contributed by atoms with Gasteiger partial charge in [0.1, 0.15) is 0 Å². The van der Waals surface area contributed by atoms with Gasteiger partial charge < -0.3 is 10.6 Å². The number of nitrogens with zero attached hydrogens (tertiary/aromatic N) is 2. The Morgan fingerprint density at radius 2 is 2.11 bits per heavy atom. The van der Waals surface area contributed by atoms with Crippen molar-refractivity contribution in [3.63, 3.8) is 0 Å². The molecule has 2 N–H and O–H groups in total. The van der Waals surface area contributed by atoms with E-state index in [4.69, 9.17) is 5.73 Å². The van der Waals surface area contributed by atoms with Gasteiger partial charge in [-0.15, -0.1) is 0 Å². The lowest BCUT2D eigenvalue weighted by Crippen LogP contribution is -2.43. The number of likely N-dealkylation sites (N-methyl/N-ethyl adjacent to an activating group) is 1. The molecule has 0 aromatic rings. The molecular weight excluding hydrogens is 226 g/mol. The topological polar surface area (TPSA) is 49.6 Å². The molecule has 0 radical (unpaired) electrons. The predicted molar refractivity (Wildman–Crippen MR) is 73.2 cm³/mol. The Bertz CT molecular complexity index is 282. The zero-order valence-corrected chi connectivity index (χ0v) is 11.6. The molecule has 1 saturated heterocycles. The number of carbonyl (C=O) groups is 1. The molecule has 2 unspecified atom stereocenters. The number of hydrogen-bond donors (Lipinski definition) is 1. The quantitative estimate of drug-likeness (QED) is 0.797. The molecule has 2 atom stereocenters. The highest BCUT2D eigenvalue weighted by Gasteiger charge is 2.36. The molecule has 4 nitrogen and oxygen atoms in total. The molecule has 1 saturated carbocycles. The van der Waals surface area contributed by atoms with E-state index in [0.717, 1.165) is 25.4 Å². The fourth-order valence-electron chi connectivity index (χ4n) is 3.45. The van der Waals surface area contributed by atoms with Crippen LogP contribution in [0.2, 0.25) is 0 Å². The molecule has 2 aliphatic rings. The number of carbonyl (C=O) groups excluding carboxylic acids is 1. The van der Waals surface area contributed by atoms with Crippen LogP contribution < -0.4 is 5.73 Å². The van der Waals surface area contributed by atoms with E-state index in [1.165, 1.54) is 32.1 Å². The van der Waals surface area contributed by atoms with Gasteiger partial charge in [0.2, 0.25) is 5.91 Å². The average Bonchev–Trinajstić information content (AvgIpc) is 2.79. The lowest BCUT2D eigenvalue weighted by molar-refractivity contribution is -0.131. The first-order chi connectivity index (χ1) is 8.72. The van der Waals surface area contributed by atoms with Gasteiger partial charge in [-0.05, 0) is 44.7 Å². The molecule has 1 heterocycles. The molecule has 2 fully saturated rings. The van der Waals surface area contributed by atoms with Crippen molar-refractivity contribution in [2.45, 2.75) is 44.6 Å². The first-order valence-corrected chi connectivity index (χ1v) is 7.40. The Hall–Kier alpha value is -0.610. The molecule has 104 valence electrons. The van der Waals surface area contributed by atoms with Crippen molar-refractivity contribution in [1.29, 1.82) is 0 Å². The maximum absolute atomic E-state index is 12.1. The summed E-state index contributed by atoms with van der Waals surface area (Å²) < 4.78 is 0. The van der Waals surface area contributed by atoms with Gasteiger partial charge in [0.25, 0.3) is 0 Å². The van der Waals surface area contributed by atoms with Crippen LogP contribution in [0.3, 0.4) is 0 Å². The van der Waals surface area contributed by atoms with Crippen LogP contribution in [0.1, 0.15) is 38.5 Å². The number of hydrogen-bond acceptors (Lipinski definition) is 3. The smallest absolute Gasteiger partial charge is 0.236 e. The molecule has 0 spiro atoms. The predicted octanol–water partition coefficient (Wildman–Crippen LogP) is 1.06. The SMILES string of the molecule is CN(CCCN)C(=O)CN1CCC2CCCCC21. The Morgan fingerprint density at radius 3 is 2.89 bits per heavy atom. The Morgan fingerprint density at radius 1 is 1.33 bits per heavy atom. The van der Waals surface area contributed by atoms with Gasteiger partial charge in [-0.3, -0.25) is 9.69 Å². The number of rotatable bonds is 5. The molecule has 0 aromatic carbocycles. The highest BCUT2D eigenvalue weighted by atomic mass is 16.2. The molecule has 0 aromatic heterocycles. The summed E-state index contributed by atoms with van der Waals surface area (Å²) in [4.78, 5) is 16.4. The summed E-state index contributed by atoms with van der Waals surface area (Å²) in [6, 6.07) is 0.686. The van der Waals surface area contributed by atoms with Crippen LogP contribution in [0.5, 0.6) is 0 Å². The van der Waals surface area contributed by atoms with E-state index in [1.54, 1.807) is 0 Å². The van der Waals surface area contributed by atoms with Crippen molar-refractivity contribution in [2.24, 2.45) is 11.7 Å². The third-order valence-electron chi connectivity index (χ3n) is 4.59. The minimum atomic E-state index is 0.259. The van der Waals surface area contributed by atoms with E-state index in [0.29, 0.717) is 19.1 Å². The van der Waals surface area contributed by atoms with Crippen LogP contribution in [-0.4, -0.2) is 55.0 Å². The first kappa shape index (κ1) is 13.8. The van der Waals surface area contributed by atoms with Crippen molar-refractivity contribution < 1.29 is 4.79 Å². The standard InChI is InChI=1S/C14H27N3O/c1-16(9-4-8-15)14(18)11-17-10-7-12-5-2-3-6-13(12)17/h12-13H,2-11,15H2,1H3. The van der Waals surface area contributed by atoms with Gasteiger partial charge in [0.05, 0.1) is 6.54 Å². The van der Waals surface area contributed by atoms with Crippen LogP contribution in [0.25, 0.3) is 0 Å². The van der Waals surface area contributed by atoms with Gasteiger partial charge >= 0.3 is 0 Å². The lowest BCUT2D eigenvalue weighted by Gasteiger charge is -2.32. The second-order valence-electron chi connectivity index (χ2n) is 5.83. The monoisotopic (exact) mass is 253 g/mol. The number of nitrogens with two attached hydrogens (primary N) is 1. The molecule has 2 rings (SSSR count). The van der Waals surface area contributed by atoms with Crippen LogP contribution in [0.4, 0.5) is 0 Å². The molecule has 1 aliphatic heterocycles. The van der Waals surface area contributed by atoms with E-state index in [9.17, 15) is 4.79 Å². The van der Waals surface area contributed by atoms with E-state index in [2.05, 4.69) is 4.90 Å². The molecule has 1 amide bonds. The van der Waals surface area contributed by atoms with Crippen LogP contribution in [0, 0.1) is 5.92 Å². The average molecular weight is 253 g/mol. The Balaban J connectivity index is 1.80. The van der Waals surface area contributed by atoms with E-state index in [1.807, 2.05) is 11.9 Å². The van der Waals surface area contributed by atoms with Crippen LogP contribution in [0.15, 0.2) is 0 Å².